The number of piperazine rings is 1. The van der Waals surface area contributed by atoms with Crippen molar-refractivity contribution in [2.24, 2.45) is 5.73 Å². The molecule has 0 atom stereocenters. The van der Waals surface area contributed by atoms with Crippen LogP contribution in [0.4, 0.5) is 5.82 Å². The Morgan fingerprint density at radius 3 is 2.38 bits per heavy atom. The highest BCUT2D eigenvalue weighted by Crippen LogP contribution is 2.30. The summed E-state index contributed by atoms with van der Waals surface area (Å²) < 4.78 is 1.81. The van der Waals surface area contributed by atoms with Gasteiger partial charge in [-0.1, -0.05) is 48.9 Å². The van der Waals surface area contributed by atoms with Crippen LogP contribution in [-0.4, -0.2) is 58.8 Å². The molecule has 26 heavy (non-hydrogen) atoms. The van der Waals surface area contributed by atoms with Crippen molar-refractivity contribution in [1.82, 2.24) is 19.6 Å². The third-order valence-corrected chi connectivity index (χ3v) is 5.39. The maximum absolute atomic E-state index is 6.50. The van der Waals surface area contributed by atoms with Gasteiger partial charge < -0.3 is 16.4 Å². The molecule has 2 aromatic rings. The van der Waals surface area contributed by atoms with Gasteiger partial charge in [-0.3, -0.25) is 4.90 Å². The van der Waals surface area contributed by atoms with Gasteiger partial charge in [0.05, 0.1) is 29.0 Å². The van der Waals surface area contributed by atoms with E-state index in [0.717, 1.165) is 51.4 Å². The first-order valence-corrected chi connectivity index (χ1v) is 9.45. The minimum Gasteiger partial charge on any atom is -0.397 e. The molecule has 0 unspecified atom stereocenters. The number of nitrogens with two attached hydrogens (primary N) is 2. The molecule has 3 rings (SSSR count). The molecule has 7 heteroatoms. The number of aromatic nitrogens is 2. The second kappa shape index (κ2) is 8.58. The predicted octanol–water partition coefficient (Wildman–Crippen LogP) is 2.13. The van der Waals surface area contributed by atoms with E-state index in [9.17, 15) is 0 Å². The van der Waals surface area contributed by atoms with Gasteiger partial charge in [0.15, 0.2) is 0 Å². The van der Waals surface area contributed by atoms with Crippen LogP contribution in [0.15, 0.2) is 36.5 Å². The van der Waals surface area contributed by atoms with Gasteiger partial charge in [0.25, 0.3) is 0 Å². The minimum atomic E-state index is 0.441. The average Bonchev–Trinajstić information content (AvgIpc) is 3.06. The lowest BCUT2D eigenvalue weighted by Gasteiger charge is -2.33. The van der Waals surface area contributed by atoms with Crippen molar-refractivity contribution in [3.8, 4) is 0 Å². The second-order valence-corrected chi connectivity index (χ2v) is 6.91. The van der Waals surface area contributed by atoms with E-state index < -0.39 is 0 Å². The van der Waals surface area contributed by atoms with Crippen LogP contribution >= 0.6 is 11.6 Å². The highest BCUT2D eigenvalue weighted by molar-refractivity contribution is 6.52. The van der Waals surface area contributed by atoms with Gasteiger partial charge in [-0.25, -0.2) is 4.68 Å². The molecule has 2 heterocycles. The summed E-state index contributed by atoms with van der Waals surface area (Å²) in [5.41, 5.74) is 14.6. The van der Waals surface area contributed by atoms with E-state index in [2.05, 4.69) is 21.8 Å². The Bertz CT molecular complexity index is 747. The fourth-order valence-corrected chi connectivity index (χ4v) is 3.45. The molecule has 6 nitrogen and oxygen atoms in total. The highest BCUT2D eigenvalue weighted by atomic mass is 35.5. The van der Waals surface area contributed by atoms with Crippen LogP contribution in [0.2, 0.25) is 0 Å². The normalized spacial score (nSPS) is 17.3. The zero-order valence-electron chi connectivity index (χ0n) is 15.2. The lowest BCUT2D eigenvalue weighted by molar-refractivity contribution is 0.133. The Hall–Kier alpha value is -2.02. The number of likely N-dealkylation sites (N-methyl/N-ethyl adjacent to an activating group) is 1. The third kappa shape index (κ3) is 4.20. The van der Waals surface area contributed by atoms with Crippen LogP contribution in [0.25, 0.3) is 10.7 Å². The molecule has 1 aromatic carbocycles. The van der Waals surface area contributed by atoms with E-state index in [1.165, 1.54) is 0 Å². The molecule has 1 fully saturated rings. The largest absolute Gasteiger partial charge is 0.397 e. The topological polar surface area (TPSA) is 76.3 Å². The lowest BCUT2D eigenvalue weighted by atomic mass is 10.1. The zero-order chi connectivity index (χ0) is 18.5. The van der Waals surface area contributed by atoms with Crippen molar-refractivity contribution < 1.29 is 0 Å². The van der Waals surface area contributed by atoms with E-state index in [1.54, 1.807) is 6.20 Å². The van der Waals surface area contributed by atoms with Crippen molar-refractivity contribution >= 4 is 28.1 Å². The van der Waals surface area contributed by atoms with Crippen LogP contribution in [-0.2, 0) is 6.54 Å². The zero-order valence-corrected chi connectivity index (χ0v) is 16.0. The Labute approximate surface area is 160 Å². The number of nitrogens with zero attached hydrogens (tertiary/aromatic N) is 4. The summed E-state index contributed by atoms with van der Waals surface area (Å²) in [5, 5.41) is 4.85. The highest BCUT2D eigenvalue weighted by Gasteiger charge is 2.17. The summed E-state index contributed by atoms with van der Waals surface area (Å²) in [5.74, 6) is 0.557. The molecule has 0 amide bonds. The summed E-state index contributed by atoms with van der Waals surface area (Å²) in [6, 6.07) is 9.65. The van der Waals surface area contributed by atoms with E-state index in [1.807, 2.05) is 35.0 Å². The Morgan fingerprint density at radius 1 is 1.08 bits per heavy atom. The number of hydrogen-bond acceptors (Lipinski definition) is 5. The molecule has 1 aliphatic heterocycles. The number of rotatable bonds is 6. The maximum Gasteiger partial charge on any atom is 0.130 e. The molecule has 0 aliphatic carbocycles. The molecule has 1 aromatic heterocycles. The number of halogens is 1. The number of nitrogen functional groups attached to an aromatic ring is 1. The monoisotopic (exact) mass is 374 g/mol. The third-order valence-electron chi connectivity index (χ3n) is 4.98. The van der Waals surface area contributed by atoms with Crippen molar-refractivity contribution in [1.29, 1.82) is 0 Å². The van der Waals surface area contributed by atoms with Crippen LogP contribution in [0.1, 0.15) is 18.1 Å². The van der Waals surface area contributed by atoms with Gasteiger partial charge in [0.2, 0.25) is 0 Å². The summed E-state index contributed by atoms with van der Waals surface area (Å²) in [7, 11) is 0. The first kappa shape index (κ1) is 18.8. The summed E-state index contributed by atoms with van der Waals surface area (Å²) >= 11 is 6.50. The molecule has 0 bridgehead atoms. The molecular weight excluding hydrogens is 348 g/mol. The van der Waals surface area contributed by atoms with Crippen molar-refractivity contribution in [2.45, 2.75) is 13.5 Å². The first-order valence-electron chi connectivity index (χ1n) is 9.07. The van der Waals surface area contributed by atoms with Crippen molar-refractivity contribution in [3.63, 3.8) is 0 Å². The van der Waals surface area contributed by atoms with Gasteiger partial charge in [0, 0.05) is 32.7 Å². The summed E-state index contributed by atoms with van der Waals surface area (Å²) in [6.45, 7) is 9.42. The summed E-state index contributed by atoms with van der Waals surface area (Å²) in [4.78, 5) is 4.91. The predicted molar refractivity (Wildman–Crippen MR) is 108 cm³/mol. The molecule has 0 radical (unpaired) electrons. The van der Waals surface area contributed by atoms with Gasteiger partial charge >= 0.3 is 0 Å². The maximum atomic E-state index is 6.50. The van der Waals surface area contributed by atoms with Crippen molar-refractivity contribution in [3.05, 3.63) is 47.7 Å². The SMILES string of the molecule is CCN1CCN(CCn2ncc(/C(Cl)=C(\N)c3ccccc3)c2N)CC1. The van der Waals surface area contributed by atoms with Gasteiger partial charge in [-0.15, -0.1) is 0 Å². The number of benzene rings is 1. The Kier molecular flexibility index (Phi) is 6.19. The van der Waals surface area contributed by atoms with Crippen LogP contribution in [0.5, 0.6) is 0 Å². The average molecular weight is 375 g/mol. The van der Waals surface area contributed by atoms with E-state index in [4.69, 9.17) is 23.1 Å². The molecule has 140 valence electrons. The first-order chi connectivity index (χ1) is 12.6. The molecule has 1 saturated heterocycles. The van der Waals surface area contributed by atoms with Gasteiger partial charge in [-0.2, -0.15) is 5.10 Å². The molecular formula is C19H27ClN6. The number of anilines is 1. The lowest BCUT2D eigenvalue weighted by Crippen LogP contribution is -2.46. The summed E-state index contributed by atoms with van der Waals surface area (Å²) in [6.07, 6.45) is 1.70. The molecule has 0 saturated carbocycles. The van der Waals surface area contributed by atoms with Crippen LogP contribution < -0.4 is 11.5 Å². The Morgan fingerprint density at radius 2 is 1.73 bits per heavy atom. The second-order valence-electron chi connectivity index (χ2n) is 6.54. The van der Waals surface area contributed by atoms with Crippen LogP contribution in [0.3, 0.4) is 0 Å². The standard InChI is InChI=1S/C19H27ClN6/c1-2-24-8-10-25(11-9-24)12-13-26-19(22)16(14-23-26)17(20)18(21)15-6-4-3-5-7-15/h3-7,14H,2,8-13,21-22H2,1H3/b18-17+. The van der Waals surface area contributed by atoms with E-state index >= 15 is 0 Å². The molecule has 4 N–H and O–H groups in total. The van der Waals surface area contributed by atoms with Gasteiger partial charge in [-0.05, 0) is 12.1 Å². The quantitative estimate of drug-likeness (QED) is 0.810. The smallest absolute Gasteiger partial charge is 0.130 e. The van der Waals surface area contributed by atoms with Crippen LogP contribution in [0, 0.1) is 0 Å². The fourth-order valence-electron chi connectivity index (χ4n) is 3.20. The van der Waals surface area contributed by atoms with Crippen molar-refractivity contribution in [2.75, 3.05) is 45.0 Å². The van der Waals surface area contributed by atoms with E-state index in [-0.39, 0.29) is 0 Å². The Balaban J connectivity index is 1.66. The number of hydrogen-bond donors (Lipinski definition) is 2. The minimum absolute atomic E-state index is 0.441. The molecule has 1 aliphatic rings. The van der Waals surface area contributed by atoms with E-state index in [0.29, 0.717) is 22.1 Å². The fraction of sp³-hybridized carbons (Fsp3) is 0.421. The molecule has 0 spiro atoms. The van der Waals surface area contributed by atoms with Gasteiger partial charge in [0.1, 0.15) is 5.82 Å².